The Morgan fingerprint density at radius 3 is 2.19 bits per heavy atom. The number of ether oxygens (including phenoxy) is 1. The highest BCUT2D eigenvalue weighted by Crippen LogP contribution is 2.47. The zero-order chi connectivity index (χ0) is 46.9. The van der Waals surface area contributed by atoms with Gasteiger partial charge in [0.2, 0.25) is 17.7 Å². The highest BCUT2D eigenvalue weighted by atomic mass is 19.1. The maximum atomic E-state index is 13.5. The molecular formula is C52H54FN9O6. The third kappa shape index (κ3) is 9.25. The van der Waals surface area contributed by atoms with Crippen LogP contribution in [-0.2, 0) is 14.4 Å². The van der Waals surface area contributed by atoms with Gasteiger partial charge in [0.05, 0.1) is 16.6 Å². The SMILES string of the molecule is C=C1CC[C@H](N2C(=O)c3cccc(NCCN4CCN(CC5CCN(c6ccc7c(Oc8ccc(NC(=O)C9(C(=O)Nc%10ccc(F)cc%10)CC9)cc8)ccnc7c6)CC5)CC4)c3C2=O)C(=O)N1. The average molecular weight is 920 g/mol. The fourth-order valence-corrected chi connectivity index (χ4v) is 9.87. The Hall–Kier alpha value is -7.17. The number of nitrogens with zero attached hydrogens (tertiary/aromatic N) is 5. The number of imide groups is 1. The average Bonchev–Trinajstić information content (AvgIpc) is 4.13. The number of fused-ring (bicyclic) bond motifs is 2. The standard InChI is InChI=1S/C52H54FN9O6/c1-33-5-16-44(47(63)56-33)62-48(64)41-3-2-4-42(46(41)49(62)65)55-23-26-59-27-29-60(30-28-59)32-34-18-24-61(25-19-34)38-12-15-40-43(31-38)54-22-17-45(40)68-39-13-10-37(11-14-39)58-51(67)52(20-21-52)50(66)57-36-8-6-35(53)7-9-36/h2-4,6-15,17,22,31,34,44,55H,1,5,16,18-21,23-30,32H2,(H,56,63)(H,57,66)(H,58,67)/t44-/m0/s1. The third-order valence-electron chi connectivity index (χ3n) is 14.0. The van der Waals surface area contributed by atoms with Gasteiger partial charge in [-0.1, -0.05) is 12.6 Å². The van der Waals surface area contributed by atoms with Crippen LogP contribution in [0.5, 0.6) is 11.5 Å². The molecule has 4 aliphatic heterocycles. The van der Waals surface area contributed by atoms with E-state index < -0.39 is 35.0 Å². The second-order valence-electron chi connectivity index (χ2n) is 18.5. The van der Waals surface area contributed by atoms with Gasteiger partial charge in [-0.2, -0.15) is 0 Å². The van der Waals surface area contributed by atoms with Crippen molar-refractivity contribution in [2.45, 2.75) is 44.6 Å². The first-order valence-corrected chi connectivity index (χ1v) is 23.5. The number of anilines is 4. The van der Waals surface area contributed by atoms with E-state index in [1.54, 1.807) is 42.6 Å². The molecule has 4 N–H and O–H groups in total. The van der Waals surface area contributed by atoms with Crippen LogP contribution in [0.3, 0.4) is 0 Å². The second kappa shape index (κ2) is 18.8. The fourth-order valence-electron chi connectivity index (χ4n) is 9.87. The van der Waals surface area contributed by atoms with Gasteiger partial charge in [0.1, 0.15) is 28.8 Å². The number of carbonyl (C=O) groups is 5. The van der Waals surface area contributed by atoms with Crippen molar-refractivity contribution in [3.05, 3.63) is 126 Å². The summed E-state index contributed by atoms with van der Waals surface area (Å²) in [5.41, 5.74) is 3.69. The molecule has 5 aromatic rings. The Morgan fingerprint density at radius 2 is 1.50 bits per heavy atom. The van der Waals surface area contributed by atoms with Gasteiger partial charge in [-0.05, 0) is 129 Å². The topological polar surface area (TPSA) is 169 Å². The lowest BCUT2D eigenvalue weighted by molar-refractivity contribution is -0.131. The zero-order valence-corrected chi connectivity index (χ0v) is 37.8. The first-order valence-electron chi connectivity index (χ1n) is 23.5. The number of pyridine rings is 1. The van der Waals surface area contributed by atoms with E-state index in [-0.39, 0.29) is 11.8 Å². The third-order valence-corrected chi connectivity index (χ3v) is 14.0. The maximum absolute atomic E-state index is 13.5. The Labute approximate surface area is 393 Å². The molecule has 3 saturated heterocycles. The van der Waals surface area contributed by atoms with E-state index in [1.165, 1.54) is 24.3 Å². The van der Waals surface area contributed by atoms with Gasteiger partial charge >= 0.3 is 0 Å². The van der Waals surface area contributed by atoms with Crippen LogP contribution in [-0.4, -0.2) is 114 Å². The number of carbonyl (C=O) groups excluding carboxylic acids is 5. The second-order valence-corrected chi connectivity index (χ2v) is 18.5. The van der Waals surface area contributed by atoms with Crippen LogP contribution in [0.4, 0.5) is 27.1 Å². The lowest BCUT2D eigenvalue weighted by Gasteiger charge is -2.39. The van der Waals surface area contributed by atoms with Gasteiger partial charge in [0, 0.05) is 98.9 Å². The van der Waals surface area contributed by atoms with Crippen LogP contribution >= 0.6 is 0 Å². The summed E-state index contributed by atoms with van der Waals surface area (Å²) in [5.74, 6) is -0.539. The van der Waals surface area contributed by atoms with Crippen LogP contribution in [0.25, 0.3) is 10.9 Å². The van der Waals surface area contributed by atoms with Crippen LogP contribution in [0.15, 0.2) is 109 Å². The van der Waals surface area contributed by atoms with Crippen LogP contribution in [0.2, 0.25) is 0 Å². The Balaban J connectivity index is 0.660. The minimum absolute atomic E-state index is 0.331. The van der Waals surface area contributed by atoms with E-state index >= 15 is 0 Å². The molecule has 5 aliphatic rings. The van der Waals surface area contributed by atoms with Gasteiger partial charge in [0.15, 0.2) is 0 Å². The first-order chi connectivity index (χ1) is 33.0. The minimum Gasteiger partial charge on any atom is -0.457 e. The molecule has 0 spiro atoms. The largest absolute Gasteiger partial charge is 0.457 e. The lowest BCUT2D eigenvalue weighted by atomic mass is 9.95. The molecule has 4 aromatic carbocycles. The molecule has 10 rings (SSSR count). The predicted molar refractivity (Wildman–Crippen MR) is 257 cm³/mol. The molecule has 1 aliphatic carbocycles. The fraction of sp³-hybridized carbons (Fsp3) is 0.346. The summed E-state index contributed by atoms with van der Waals surface area (Å²) in [6.45, 7) is 12.2. The molecule has 5 amide bonds. The van der Waals surface area contributed by atoms with Gasteiger partial charge in [-0.25, -0.2) is 4.39 Å². The van der Waals surface area contributed by atoms with Crippen LogP contribution < -0.4 is 30.9 Å². The van der Waals surface area contributed by atoms with Crippen molar-refractivity contribution in [3.63, 3.8) is 0 Å². The molecule has 4 fully saturated rings. The first kappa shape index (κ1) is 44.7. The van der Waals surface area contributed by atoms with E-state index in [0.717, 1.165) is 86.7 Å². The van der Waals surface area contributed by atoms with Crippen molar-refractivity contribution in [3.8, 4) is 11.5 Å². The molecule has 350 valence electrons. The summed E-state index contributed by atoms with van der Waals surface area (Å²) in [4.78, 5) is 78.9. The van der Waals surface area contributed by atoms with Gasteiger partial charge in [0.25, 0.3) is 11.8 Å². The summed E-state index contributed by atoms with van der Waals surface area (Å²) in [6, 6.07) is 25.1. The molecule has 1 saturated carbocycles. The number of nitrogens with one attached hydrogen (secondary N) is 4. The molecule has 15 nitrogen and oxygen atoms in total. The van der Waals surface area contributed by atoms with E-state index in [1.807, 2.05) is 12.1 Å². The number of hydrogen-bond acceptors (Lipinski definition) is 11. The molecule has 0 radical (unpaired) electrons. The maximum Gasteiger partial charge on any atom is 0.264 e. The molecule has 0 unspecified atom stereocenters. The van der Waals surface area contributed by atoms with Crippen LogP contribution in [0, 0.1) is 17.2 Å². The molecule has 68 heavy (non-hydrogen) atoms. The highest BCUT2D eigenvalue weighted by molar-refractivity contribution is 6.25. The summed E-state index contributed by atoms with van der Waals surface area (Å²) in [7, 11) is 0. The minimum atomic E-state index is -1.16. The van der Waals surface area contributed by atoms with E-state index in [4.69, 9.17) is 4.74 Å². The smallest absolute Gasteiger partial charge is 0.264 e. The number of rotatable bonds is 14. The lowest BCUT2D eigenvalue weighted by Crippen LogP contribution is -2.51. The Kier molecular flexibility index (Phi) is 12.4. The van der Waals surface area contributed by atoms with Gasteiger partial charge in [-0.3, -0.25) is 38.8 Å². The number of halogens is 1. The van der Waals surface area contributed by atoms with Crippen molar-refractivity contribution in [1.82, 2.24) is 25.0 Å². The predicted octanol–water partition coefficient (Wildman–Crippen LogP) is 6.86. The molecule has 1 atom stereocenters. The number of amides is 5. The van der Waals surface area contributed by atoms with Gasteiger partial charge < -0.3 is 35.8 Å². The normalized spacial score (nSPS) is 19.7. The van der Waals surface area contributed by atoms with Crippen molar-refractivity contribution < 1.29 is 33.1 Å². The number of allylic oxidation sites excluding steroid dienone is 1. The molecular weight excluding hydrogens is 866 g/mol. The number of hydrogen-bond donors (Lipinski definition) is 4. The van der Waals surface area contributed by atoms with Crippen LogP contribution in [0.1, 0.15) is 59.2 Å². The summed E-state index contributed by atoms with van der Waals surface area (Å²) in [6.07, 6.45) is 5.73. The number of benzene rings is 4. The van der Waals surface area contributed by atoms with E-state index in [2.05, 4.69) is 65.7 Å². The van der Waals surface area contributed by atoms with Crippen molar-refractivity contribution >= 4 is 63.2 Å². The summed E-state index contributed by atoms with van der Waals surface area (Å²) >= 11 is 0. The van der Waals surface area contributed by atoms with E-state index in [9.17, 15) is 28.4 Å². The van der Waals surface area contributed by atoms with Crippen molar-refractivity contribution in [1.29, 1.82) is 0 Å². The molecule has 16 heteroatoms. The summed E-state index contributed by atoms with van der Waals surface area (Å²) < 4.78 is 19.6. The number of piperazine rings is 1. The molecule has 0 bridgehead atoms. The van der Waals surface area contributed by atoms with E-state index in [0.29, 0.717) is 83.5 Å². The summed E-state index contributed by atoms with van der Waals surface area (Å²) in [5, 5.41) is 12.6. The number of aromatic nitrogens is 1. The monoisotopic (exact) mass is 919 g/mol. The molecule has 1 aromatic heterocycles. The highest BCUT2D eigenvalue weighted by Gasteiger charge is 2.56. The zero-order valence-electron chi connectivity index (χ0n) is 37.8. The van der Waals surface area contributed by atoms with Crippen molar-refractivity contribution in [2.75, 3.05) is 79.8 Å². The van der Waals surface area contributed by atoms with Gasteiger partial charge in [-0.15, -0.1) is 0 Å². The van der Waals surface area contributed by atoms with Crippen molar-refractivity contribution in [2.24, 2.45) is 11.3 Å². The Bertz CT molecular complexity index is 2780. The Morgan fingerprint density at radius 1 is 0.809 bits per heavy atom. The molecule has 5 heterocycles. The number of piperidine rings is 2. The quantitative estimate of drug-likeness (QED) is 0.0679.